The smallest absolute Gasteiger partial charge is 0.243 e. The van der Waals surface area contributed by atoms with Gasteiger partial charge in [-0.15, -0.1) is 0 Å². The number of hydrogen-bond acceptors (Lipinski definition) is 4. The van der Waals surface area contributed by atoms with Crippen molar-refractivity contribution in [1.82, 2.24) is 10.6 Å². The largest absolute Gasteiger partial charge is 0.373 e. The summed E-state index contributed by atoms with van der Waals surface area (Å²) in [6, 6.07) is 16.1. The van der Waals surface area contributed by atoms with E-state index >= 15 is 0 Å². The third kappa shape index (κ3) is 7.02. The van der Waals surface area contributed by atoms with Gasteiger partial charge >= 0.3 is 0 Å². The van der Waals surface area contributed by atoms with Gasteiger partial charge in [0, 0.05) is 36.3 Å². The number of amides is 2. The summed E-state index contributed by atoms with van der Waals surface area (Å²) in [6.07, 6.45) is 6.84. The summed E-state index contributed by atoms with van der Waals surface area (Å²) in [6.45, 7) is 10.1. The van der Waals surface area contributed by atoms with Crippen molar-refractivity contribution in [3.63, 3.8) is 0 Å². The standard InChI is InChI=1S/2C15H22N2O/c2*1-3-4-7-10-16-15(18)14-11(2)12-8-5-6-9-13(12)17-14/h2*5-6,8-9,11,14,17H,3-4,7,10H2,1-2H3,(H,16,18)/t2*11-,14-/m10/s1. The van der Waals surface area contributed by atoms with E-state index in [0.29, 0.717) is 0 Å². The van der Waals surface area contributed by atoms with Gasteiger partial charge in [-0.25, -0.2) is 0 Å². The molecule has 2 aliphatic rings. The van der Waals surface area contributed by atoms with E-state index in [2.05, 4.69) is 61.1 Å². The molecule has 36 heavy (non-hydrogen) atoms. The highest BCUT2D eigenvalue weighted by Gasteiger charge is 2.34. The Morgan fingerprint density at radius 2 is 1.06 bits per heavy atom. The molecule has 0 bridgehead atoms. The number of para-hydroxylation sites is 2. The second kappa shape index (κ2) is 13.9. The van der Waals surface area contributed by atoms with Gasteiger partial charge in [0.2, 0.25) is 11.8 Å². The third-order valence-electron chi connectivity index (χ3n) is 7.25. The molecule has 0 unspecified atom stereocenters. The van der Waals surface area contributed by atoms with Gasteiger partial charge in [-0.3, -0.25) is 9.59 Å². The van der Waals surface area contributed by atoms with Gasteiger partial charge in [0.15, 0.2) is 0 Å². The van der Waals surface area contributed by atoms with E-state index in [0.717, 1.165) is 37.3 Å². The maximum absolute atomic E-state index is 12.1. The molecule has 4 atom stereocenters. The Morgan fingerprint density at radius 3 is 1.42 bits per heavy atom. The summed E-state index contributed by atoms with van der Waals surface area (Å²) in [5.74, 6) is 0.726. The highest BCUT2D eigenvalue weighted by molar-refractivity contribution is 5.89. The lowest BCUT2D eigenvalue weighted by Gasteiger charge is -2.16. The van der Waals surface area contributed by atoms with Crippen LogP contribution in [0.2, 0.25) is 0 Å². The number of carbonyl (C=O) groups excluding carboxylic acids is 2. The summed E-state index contributed by atoms with van der Waals surface area (Å²) in [4.78, 5) is 24.2. The molecule has 196 valence electrons. The summed E-state index contributed by atoms with van der Waals surface area (Å²) in [5.41, 5.74) is 4.68. The van der Waals surface area contributed by atoms with Crippen LogP contribution in [0.25, 0.3) is 0 Å². The Bertz CT molecular complexity index is 913. The number of nitrogens with one attached hydrogen (secondary N) is 4. The van der Waals surface area contributed by atoms with Crippen LogP contribution in [-0.4, -0.2) is 37.0 Å². The van der Waals surface area contributed by atoms with Gasteiger partial charge in [0.25, 0.3) is 0 Å². The topological polar surface area (TPSA) is 82.3 Å². The molecule has 0 saturated heterocycles. The van der Waals surface area contributed by atoms with E-state index in [-0.39, 0.29) is 35.7 Å². The SMILES string of the molecule is CCCCCNC(=O)[C@@H]1Nc2ccccc2[C@H]1C.CCCCCNC(=O)[C@H]1Nc2ccccc2[C@@H]1C. The number of benzene rings is 2. The van der Waals surface area contributed by atoms with Crippen molar-refractivity contribution in [3.8, 4) is 0 Å². The minimum Gasteiger partial charge on any atom is -0.373 e. The summed E-state index contributed by atoms with van der Waals surface area (Å²) < 4.78 is 0. The predicted molar refractivity (Wildman–Crippen MR) is 150 cm³/mol. The lowest BCUT2D eigenvalue weighted by molar-refractivity contribution is -0.122. The average Bonchev–Trinajstić information content (AvgIpc) is 3.42. The van der Waals surface area contributed by atoms with E-state index in [4.69, 9.17) is 0 Å². The van der Waals surface area contributed by atoms with Crippen LogP contribution in [0.15, 0.2) is 48.5 Å². The van der Waals surface area contributed by atoms with E-state index in [1.54, 1.807) is 0 Å². The first kappa shape index (κ1) is 27.6. The average molecular weight is 493 g/mol. The highest BCUT2D eigenvalue weighted by atomic mass is 16.2. The second-order valence-electron chi connectivity index (χ2n) is 9.99. The monoisotopic (exact) mass is 492 g/mol. The lowest BCUT2D eigenvalue weighted by atomic mass is 9.97. The fraction of sp³-hybridized carbons (Fsp3) is 0.533. The van der Waals surface area contributed by atoms with Crippen molar-refractivity contribution in [2.75, 3.05) is 23.7 Å². The van der Waals surface area contributed by atoms with Crippen LogP contribution in [0.5, 0.6) is 0 Å². The normalized spacial score (nSPS) is 21.2. The van der Waals surface area contributed by atoms with Crippen molar-refractivity contribution in [3.05, 3.63) is 59.7 Å². The lowest BCUT2D eigenvalue weighted by Crippen LogP contribution is -2.40. The maximum atomic E-state index is 12.1. The summed E-state index contributed by atoms with van der Waals surface area (Å²) in [5, 5.41) is 12.7. The summed E-state index contributed by atoms with van der Waals surface area (Å²) in [7, 11) is 0. The molecule has 0 aromatic heterocycles. The van der Waals surface area contributed by atoms with Gasteiger partial charge < -0.3 is 21.3 Å². The number of rotatable bonds is 10. The Morgan fingerprint density at radius 1 is 0.667 bits per heavy atom. The fourth-order valence-electron chi connectivity index (χ4n) is 4.97. The molecule has 0 fully saturated rings. The zero-order valence-corrected chi connectivity index (χ0v) is 22.4. The molecule has 2 aromatic carbocycles. The molecular formula is C30H44N4O2. The number of anilines is 2. The van der Waals surface area contributed by atoms with E-state index < -0.39 is 0 Å². The van der Waals surface area contributed by atoms with E-state index in [1.807, 2.05) is 36.4 Å². The van der Waals surface area contributed by atoms with Gasteiger partial charge in [-0.2, -0.15) is 0 Å². The van der Waals surface area contributed by atoms with Crippen LogP contribution in [0.4, 0.5) is 11.4 Å². The van der Waals surface area contributed by atoms with Gasteiger partial charge in [0.1, 0.15) is 12.1 Å². The Kier molecular flexibility index (Phi) is 10.6. The molecule has 0 spiro atoms. The van der Waals surface area contributed by atoms with E-state index in [1.165, 1.54) is 36.8 Å². The fourth-order valence-corrected chi connectivity index (χ4v) is 4.97. The van der Waals surface area contributed by atoms with Crippen LogP contribution < -0.4 is 21.3 Å². The zero-order valence-electron chi connectivity index (χ0n) is 22.4. The quantitative estimate of drug-likeness (QED) is 0.317. The first-order valence-electron chi connectivity index (χ1n) is 13.7. The van der Waals surface area contributed by atoms with Crippen LogP contribution in [0.3, 0.4) is 0 Å². The number of hydrogen-bond donors (Lipinski definition) is 4. The van der Waals surface area contributed by atoms with Crippen molar-refractivity contribution < 1.29 is 9.59 Å². The number of unbranched alkanes of at least 4 members (excludes halogenated alkanes) is 4. The van der Waals surface area contributed by atoms with Gasteiger partial charge in [-0.1, -0.05) is 89.8 Å². The molecule has 6 heteroatoms. The van der Waals surface area contributed by atoms with E-state index in [9.17, 15) is 9.59 Å². The van der Waals surface area contributed by atoms with Gasteiger partial charge in [-0.05, 0) is 36.1 Å². The molecule has 2 amide bonds. The minimum atomic E-state index is -0.121. The maximum Gasteiger partial charge on any atom is 0.243 e. The minimum absolute atomic E-state index is 0.120. The second-order valence-corrected chi connectivity index (χ2v) is 9.99. The molecular weight excluding hydrogens is 448 g/mol. The van der Waals surface area contributed by atoms with Crippen molar-refractivity contribution in [1.29, 1.82) is 0 Å². The first-order chi connectivity index (χ1) is 17.5. The Hall–Kier alpha value is -3.02. The summed E-state index contributed by atoms with van der Waals surface area (Å²) >= 11 is 0. The van der Waals surface area contributed by atoms with Crippen molar-refractivity contribution in [2.24, 2.45) is 0 Å². The Balaban J connectivity index is 0.000000201. The van der Waals surface area contributed by atoms with Crippen molar-refractivity contribution in [2.45, 2.75) is 90.1 Å². The van der Waals surface area contributed by atoms with Crippen LogP contribution >= 0.6 is 0 Å². The molecule has 0 radical (unpaired) electrons. The van der Waals surface area contributed by atoms with Crippen molar-refractivity contribution >= 4 is 23.2 Å². The Labute approximate surface area is 217 Å². The third-order valence-corrected chi connectivity index (χ3v) is 7.25. The molecule has 0 aliphatic carbocycles. The molecule has 2 aliphatic heterocycles. The molecule has 6 nitrogen and oxygen atoms in total. The van der Waals surface area contributed by atoms with Crippen LogP contribution in [0, 0.1) is 0 Å². The molecule has 2 heterocycles. The molecule has 2 aromatic rings. The number of carbonyl (C=O) groups is 2. The predicted octanol–water partition coefficient (Wildman–Crippen LogP) is 5.78. The van der Waals surface area contributed by atoms with Gasteiger partial charge in [0.05, 0.1) is 0 Å². The van der Waals surface area contributed by atoms with Crippen LogP contribution in [0.1, 0.15) is 89.2 Å². The number of fused-ring (bicyclic) bond motifs is 2. The zero-order chi connectivity index (χ0) is 25.9. The first-order valence-corrected chi connectivity index (χ1v) is 13.7. The molecule has 4 rings (SSSR count). The highest BCUT2D eigenvalue weighted by Crippen LogP contribution is 2.36. The molecule has 4 N–H and O–H groups in total. The van der Waals surface area contributed by atoms with Crippen LogP contribution in [-0.2, 0) is 9.59 Å². The molecule has 0 saturated carbocycles.